The topological polar surface area (TPSA) is 47.9 Å². The Morgan fingerprint density at radius 2 is 1.53 bits per heavy atom. The van der Waals surface area contributed by atoms with Gasteiger partial charge in [-0.25, -0.2) is 0 Å². The van der Waals surface area contributed by atoms with E-state index in [0.29, 0.717) is 6.42 Å². The van der Waals surface area contributed by atoms with Crippen LogP contribution < -0.4 is 0 Å². The molecule has 0 aromatic carbocycles. The molecule has 0 saturated carbocycles. The summed E-state index contributed by atoms with van der Waals surface area (Å²) in [5, 5.41) is 10.3. The summed E-state index contributed by atoms with van der Waals surface area (Å²) >= 11 is 0. The number of aliphatic hydroxyl groups is 1. The van der Waals surface area contributed by atoms with Crippen LogP contribution in [-0.2, 0) is 13.8 Å². The van der Waals surface area contributed by atoms with Crippen molar-refractivity contribution in [2.45, 2.75) is 84.2 Å². The van der Waals surface area contributed by atoms with Gasteiger partial charge in [0.15, 0.2) is 0 Å². The molecule has 0 aromatic rings. The minimum Gasteiger partial charge on any atom is -0.398 e. The first-order valence-electron chi connectivity index (χ1n) is 6.86. The molecule has 0 spiro atoms. The molecule has 0 amide bonds. The summed E-state index contributed by atoms with van der Waals surface area (Å²) in [4.78, 5) is 0. The Bertz CT molecular complexity index is 313. The van der Waals surface area contributed by atoms with Crippen LogP contribution in [0.5, 0.6) is 0 Å². The molecule has 6 heteroatoms. The van der Waals surface area contributed by atoms with E-state index < -0.39 is 11.2 Å². The van der Waals surface area contributed by atoms with Gasteiger partial charge in [0.05, 0.1) is 22.4 Å². The van der Waals surface area contributed by atoms with Crippen molar-refractivity contribution in [3.8, 4) is 0 Å². The molecule has 2 atom stereocenters. The first-order valence-corrected chi connectivity index (χ1v) is 7.85. The van der Waals surface area contributed by atoms with Gasteiger partial charge in [-0.2, -0.15) is 0 Å². The molecule has 1 aliphatic rings. The summed E-state index contributed by atoms with van der Waals surface area (Å²) in [6.07, 6.45) is 0.633. The van der Waals surface area contributed by atoms with Crippen molar-refractivity contribution in [2.75, 3.05) is 0 Å². The van der Waals surface area contributed by atoms with Crippen LogP contribution in [0.15, 0.2) is 0 Å². The molecule has 1 fully saturated rings. The zero-order valence-electron chi connectivity index (χ0n) is 13.5. The Kier molecular flexibility index (Phi) is 4.82. The fourth-order valence-electron chi connectivity index (χ4n) is 1.62. The van der Waals surface area contributed by atoms with Crippen molar-refractivity contribution in [3.05, 3.63) is 0 Å². The van der Waals surface area contributed by atoms with Crippen molar-refractivity contribution >= 4 is 15.5 Å². The van der Waals surface area contributed by atoms with E-state index in [2.05, 4.69) is 0 Å². The van der Waals surface area contributed by atoms with Crippen LogP contribution in [0, 0.1) is 0 Å². The first kappa shape index (κ1) is 17.4. The Labute approximate surface area is 119 Å². The van der Waals surface area contributed by atoms with E-state index in [-0.39, 0.29) is 26.7 Å². The molecule has 1 N–H and O–H groups in total. The maximum atomic E-state index is 10.3. The van der Waals surface area contributed by atoms with Crippen molar-refractivity contribution < 1.29 is 18.9 Å². The fourth-order valence-corrected chi connectivity index (χ4v) is 2.92. The molecule has 19 heavy (non-hydrogen) atoms. The lowest BCUT2D eigenvalue weighted by Gasteiger charge is -2.39. The number of hydrogen-bond donors (Lipinski definition) is 1. The summed E-state index contributed by atoms with van der Waals surface area (Å²) in [6.45, 7) is 15.2. The van der Waals surface area contributed by atoms with Crippen LogP contribution in [0.4, 0.5) is 0 Å². The summed E-state index contributed by atoms with van der Waals surface area (Å²) in [7, 11) is 0.0429. The standard InChI is InChI=1S/C13H28BO4P/c1-9-13(8,15)12(6,7)18-19-14-16-10(2,3)11(4,5)17-14/h15,19H,9H2,1-8H3. The second-order valence-corrected chi connectivity index (χ2v) is 7.86. The lowest BCUT2D eigenvalue weighted by atomic mass is 9.86. The van der Waals surface area contributed by atoms with Crippen LogP contribution >= 0.6 is 8.69 Å². The van der Waals surface area contributed by atoms with E-state index in [4.69, 9.17) is 13.8 Å². The van der Waals surface area contributed by atoms with Crippen molar-refractivity contribution in [1.29, 1.82) is 0 Å². The van der Waals surface area contributed by atoms with Crippen molar-refractivity contribution in [2.24, 2.45) is 0 Å². The van der Waals surface area contributed by atoms with E-state index in [0.717, 1.165) is 0 Å². The predicted molar refractivity (Wildman–Crippen MR) is 80.5 cm³/mol. The Hall–Kier alpha value is 0.335. The SMILES string of the molecule is CCC(C)(O)C(C)(C)OPB1OC(C)(C)C(C)(C)O1. The highest BCUT2D eigenvalue weighted by molar-refractivity contribution is 7.69. The minimum absolute atomic E-state index is 0.0429. The van der Waals surface area contributed by atoms with Gasteiger partial charge in [-0.3, -0.25) is 0 Å². The van der Waals surface area contributed by atoms with Crippen LogP contribution in [0.25, 0.3) is 0 Å². The zero-order valence-corrected chi connectivity index (χ0v) is 14.5. The average Bonchev–Trinajstić information content (AvgIpc) is 2.45. The number of hydrogen-bond acceptors (Lipinski definition) is 4. The predicted octanol–water partition coefficient (Wildman–Crippen LogP) is 3.13. The van der Waals surface area contributed by atoms with Gasteiger partial charge < -0.3 is 18.9 Å². The van der Waals surface area contributed by atoms with E-state index in [1.165, 1.54) is 0 Å². The minimum atomic E-state index is -0.871. The lowest BCUT2D eigenvalue weighted by Crippen LogP contribution is -2.48. The second-order valence-electron chi connectivity index (χ2n) is 6.95. The summed E-state index contributed by atoms with van der Waals surface area (Å²) in [6, 6.07) is 0. The monoisotopic (exact) mass is 290 g/mol. The first-order chi connectivity index (χ1) is 8.35. The molecule has 0 bridgehead atoms. The molecule has 2 unspecified atom stereocenters. The lowest BCUT2D eigenvalue weighted by molar-refractivity contribution is -0.0983. The summed E-state index contributed by atoms with van der Waals surface area (Å²) in [5.41, 5.74) is -2.19. The Balaban J connectivity index is 2.61. The molecular formula is C13H28BO4P. The highest BCUT2D eigenvalue weighted by Gasteiger charge is 2.52. The fraction of sp³-hybridized carbons (Fsp3) is 1.00. The van der Waals surface area contributed by atoms with Crippen molar-refractivity contribution in [1.82, 2.24) is 0 Å². The molecule has 1 rings (SSSR count). The van der Waals surface area contributed by atoms with Crippen LogP contribution in [-0.4, -0.2) is 34.3 Å². The van der Waals surface area contributed by atoms with Crippen molar-refractivity contribution in [3.63, 3.8) is 0 Å². The highest BCUT2D eigenvalue weighted by Crippen LogP contribution is 2.44. The third-order valence-electron chi connectivity index (χ3n) is 4.65. The largest absolute Gasteiger partial charge is 0.512 e. The highest BCUT2D eigenvalue weighted by atomic mass is 31.1. The van der Waals surface area contributed by atoms with Crippen LogP contribution in [0.3, 0.4) is 0 Å². The molecule has 1 aliphatic heterocycles. The Morgan fingerprint density at radius 1 is 1.11 bits per heavy atom. The van der Waals surface area contributed by atoms with Gasteiger partial charge in [-0.05, 0) is 54.9 Å². The van der Waals surface area contributed by atoms with Gasteiger partial charge in [0.2, 0.25) is 0 Å². The summed E-state index contributed by atoms with van der Waals surface area (Å²) < 4.78 is 17.7. The van der Waals surface area contributed by atoms with Crippen LogP contribution in [0.2, 0.25) is 0 Å². The molecule has 4 nitrogen and oxygen atoms in total. The zero-order chi connectivity index (χ0) is 15.1. The van der Waals surface area contributed by atoms with Gasteiger partial charge in [0.1, 0.15) is 0 Å². The molecule has 0 radical (unpaired) electrons. The van der Waals surface area contributed by atoms with E-state index in [1.807, 2.05) is 48.5 Å². The molecule has 0 aliphatic carbocycles. The van der Waals surface area contributed by atoms with Gasteiger partial charge in [-0.15, -0.1) is 0 Å². The quantitative estimate of drug-likeness (QED) is 0.624. The van der Waals surface area contributed by atoms with Gasteiger partial charge in [0.25, 0.3) is 0 Å². The van der Waals surface area contributed by atoms with Gasteiger partial charge in [-0.1, -0.05) is 6.92 Å². The molecule has 112 valence electrons. The second kappa shape index (κ2) is 5.27. The van der Waals surface area contributed by atoms with E-state index in [9.17, 15) is 5.11 Å². The smallest absolute Gasteiger partial charge is 0.398 e. The third-order valence-corrected chi connectivity index (χ3v) is 5.71. The average molecular weight is 290 g/mol. The molecule has 0 aromatic heterocycles. The van der Waals surface area contributed by atoms with Gasteiger partial charge >= 0.3 is 6.84 Å². The normalized spacial score (nSPS) is 26.1. The molecule has 1 heterocycles. The van der Waals surface area contributed by atoms with E-state index >= 15 is 0 Å². The Morgan fingerprint density at radius 3 is 1.89 bits per heavy atom. The van der Waals surface area contributed by atoms with Crippen LogP contribution in [0.1, 0.15) is 61.8 Å². The van der Waals surface area contributed by atoms with Gasteiger partial charge in [0, 0.05) is 8.69 Å². The summed E-state index contributed by atoms with van der Waals surface area (Å²) in [5.74, 6) is 0. The maximum Gasteiger partial charge on any atom is 0.512 e. The molecule has 1 saturated heterocycles. The van der Waals surface area contributed by atoms with E-state index in [1.54, 1.807) is 6.92 Å². The third kappa shape index (κ3) is 3.51. The maximum absolute atomic E-state index is 10.3. The molecular weight excluding hydrogens is 262 g/mol. The number of rotatable bonds is 5.